The molecule has 1 aromatic heterocycles. The van der Waals surface area contributed by atoms with Crippen LogP contribution in [0.15, 0.2) is 30.3 Å². The van der Waals surface area contributed by atoms with E-state index in [0.717, 1.165) is 34.8 Å². The summed E-state index contributed by atoms with van der Waals surface area (Å²) in [6.07, 6.45) is 2.25. The van der Waals surface area contributed by atoms with E-state index in [2.05, 4.69) is 16.8 Å². The molecule has 0 aliphatic rings. The van der Waals surface area contributed by atoms with Gasteiger partial charge in [0.1, 0.15) is 5.01 Å². The molecule has 0 amide bonds. The average Bonchev–Trinajstić information content (AvgIpc) is 2.90. The lowest BCUT2D eigenvalue weighted by Gasteiger charge is -2.14. The van der Waals surface area contributed by atoms with Gasteiger partial charge in [0.2, 0.25) is 0 Å². The van der Waals surface area contributed by atoms with Crippen molar-refractivity contribution in [2.75, 3.05) is 13.6 Å². The maximum atomic E-state index is 11.4. The quantitative estimate of drug-likeness (QED) is 0.846. The van der Waals surface area contributed by atoms with Gasteiger partial charge in [-0.25, -0.2) is 9.78 Å². The number of benzene rings is 1. The lowest BCUT2D eigenvalue weighted by Crippen LogP contribution is -2.19. The van der Waals surface area contributed by atoms with Gasteiger partial charge >= 0.3 is 5.97 Å². The van der Waals surface area contributed by atoms with Crippen LogP contribution in [-0.2, 0) is 6.54 Å². The third kappa shape index (κ3) is 4.12. The van der Waals surface area contributed by atoms with Crippen LogP contribution in [0, 0.1) is 0 Å². The van der Waals surface area contributed by atoms with Crippen LogP contribution < -0.4 is 0 Å². The molecule has 0 saturated carbocycles. The van der Waals surface area contributed by atoms with Gasteiger partial charge in [-0.05, 0) is 20.0 Å². The Morgan fingerprint density at radius 2 is 2.05 bits per heavy atom. The number of aromatic carboxylic acids is 1. The van der Waals surface area contributed by atoms with E-state index in [4.69, 9.17) is 0 Å². The second-order valence-corrected chi connectivity index (χ2v) is 6.14. The number of hydrogen-bond donors (Lipinski definition) is 1. The van der Waals surface area contributed by atoms with Crippen molar-refractivity contribution >= 4 is 17.3 Å². The monoisotopic (exact) mass is 304 g/mol. The van der Waals surface area contributed by atoms with Crippen molar-refractivity contribution < 1.29 is 9.90 Å². The zero-order chi connectivity index (χ0) is 15.2. The van der Waals surface area contributed by atoms with Gasteiger partial charge in [0.25, 0.3) is 0 Å². The molecule has 4 nitrogen and oxygen atoms in total. The number of rotatable bonds is 7. The number of carbonyl (C=O) groups is 1. The van der Waals surface area contributed by atoms with E-state index in [9.17, 15) is 9.90 Å². The molecule has 1 N–H and O–H groups in total. The standard InChI is InChI=1S/C16H20N2O2S/c1-3-4-10-18(2)11-13-14(16(19)20)17-15(21-13)12-8-6-5-7-9-12/h5-9H,3-4,10-11H2,1-2H3,(H,19,20). The molecule has 5 heteroatoms. The minimum Gasteiger partial charge on any atom is -0.476 e. The van der Waals surface area contributed by atoms with Gasteiger partial charge in [0, 0.05) is 12.1 Å². The second kappa shape index (κ2) is 7.33. The lowest BCUT2D eigenvalue weighted by molar-refractivity contribution is 0.0689. The van der Waals surface area contributed by atoms with E-state index in [1.807, 2.05) is 37.4 Å². The molecule has 0 atom stereocenters. The molecule has 112 valence electrons. The number of carboxylic acids is 1. The Balaban J connectivity index is 2.24. The Labute approximate surface area is 129 Å². The minimum absolute atomic E-state index is 0.183. The number of unbranched alkanes of at least 4 members (excludes halogenated alkanes) is 1. The second-order valence-electron chi connectivity index (χ2n) is 5.05. The van der Waals surface area contributed by atoms with Crippen molar-refractivity contribution in [2.45, 2.75) is 26.3 Å². The third-order valence-corrected chi connectivity index (χ3v) is 4.32. The van der Waals surface area contributed by atoms with E-state index in [1.54, 1.807) is 0 Å². The van der Waals surface area contributed by atoms with Crippen molar-refractivity contribution in [1.29, 1.82) is 0 Å². The first-order valence-electron chi connectivity index (χ1n) is 7.08. The topological polar surface area (TPSA) is 53.4 Å². The van der Waals surface area contributed by atoms with Crippen LogP contribution in [0.4, 0.5) is 0 Å². The highest BCUT2D eigenvalue weighted by Gasteiger charge is 2.19. The van der Waals surface area contributed by atoms with Crippen LogP contribution in [0.2, 0.25) is 0 Å². The van der Waals surface area contributed by atoms with Crippen LogP contribution >= 0.6 is 11.3 Å². The van der Waals surface area contributed by atoms with Gasteiger partial charge in [-0.15, -0.1) is 11.3 Å². The zero-order valence-corrected chi connectivity index (χ0v) is 13.2. The van der Waals surface area contributed by atoms with E-state index < -0.39 is 5.97 Å². The summed E-state index contributed by atoms with van der Waals surface area (Å²) >= 11 is 1.47. The molecule has 0 aliphatic heterocycles. The van der Waals surface area contributed by atoms with Crippen LogP contribution in [0.3, 0.4) is 0 Å². The van der Waals surface area contributed by atoms with Crippen molar-refractivity contribution in [3.8, 4) is 10.6 Å². The van der Waals surface area contributed by atoms with Crippen molar-refractivity contribution in [3.63, 3.8) is 0 Å². The predicted octanol–water partition coefficient (Wildman–Crippen LogP) is 3.74. The molecule has 0 fully saturated rings. The fraction of sp³-hybridized carbons (Fsp3) is 0.375. The van der Waals surface area contributed by atoms with E-state index in [0.29, 0.717) is 6.54 Å². The highest BCUT2D eigenvalue weighted by molar-refractivity contribution is 7.15. The highest BCUT2D eigenvalue weighted by Crippen LogP contribution is 2.29. The molecule has 1 heterocycles. The molecule has 21 heavy (non-hydrogen) atoms. The highest BCUT2D eigenvalue weighted by atomic mass is 32.1. The molecule has 0 unspecified atom stereocenters. The van der Waals surface area contributed by atoms with Crippen LogP contribution in [0.5, 0.6) is 0 Å². The smallest absolute Gasteiger partial charge is 0.355 e. The SMILES string of the molecule is CCCCN(C)Cc1sc(-c2ccccc2)nc1C(=O)O. The Bertz CT molecular complexity index is 596. The third-order valence-electron chi connectivity index (χ3n) is 3.23. The van der Waals surface area contributed by atoms with Crippen molar-refractivity contribution in [1.82, 2.24) is 9.88 Å². The summed E-state index contributed by atoms with van der Waals surface area (Å²) in [5.74, 6) is -0.952. The summed E-state index contributed by atoms with van der Waals surface area (Å²) in [5, 5.41) is 10.1. The molecule has 0 saturated heterocycles. The van der Waals surface area contributed by atoms with Crippen molar-refractivity contribution in [3.05, 3.63) is 40.9 Å². The number of nitrogens with zero attached hydrogens (tertiary/aromatic N) is 2. The Morgan fingerprint density at radius 1 is 1.33 bits per heavy atom. The molecule has 0 spiro atoms. The molecule has 2 aromatic rings. The molecular weight excluding hydrogens is 284 g/mol. The first-order valence-corrected chi connectivity index (χ1v) is 7.90. The maximum Gasteiger partial charge on any atom is 0.355 e. The summed E-state index contributed by atoms with van der Waals surface area (Å²) in [7, 11) is 2.02. The number of carboxylic acid groups (broad SMARTS) is 1. The Hall–Kier alpha value is -1.72. The molecular formula is C16H20N2O2S. The first kappa shape index (κ1) is 15.7. The number of thiazole rings is 1. The molecule has 0 aliphatic carbocycles. The van der Waals surface area contributed by atoms with Crippen LogP contribution in [0.25, 0.3) is 10.6 Å². The summed E-state index contributed by atoms with van der Waals surface area (Å²) in [6, 6.07) is 9.72. The summed E-state index contributed by atoms with van der Waals surface area (Å²) in [5.41, 5.74) is 1.15. The summed E-state index contributed by atoms with van der Waals surface area (Å²) in [6.45, 7) is 3.75. The first-order chi connectivity index (χ1) is 10.1. The average molecular weight is 304 g/mol. The zero-order valence-electron chi connectivity index (χ0n) is 12.4. The maximum absolute atomic E-state index is 11.4. The van der Waals surface area contributed by atoms with E-state index >= 15 is 0 Å². The summed E-state index contributed by atoms with van der Waals surface area (Å²) < 4.78 is 0. The normalized spacial score (nSPS) is 11.0. The van der Waals surface area contributed by atoms with Gasteiger partial charge in [-0.3, -0.25) is 0 Å². The number of aromatic nitrogens is 1. The van der Waals surface area contributed by atoms with Gasteiger partial charge in [-0.1, -0.05) is 43.7 Å². The van der Waals surface area contributed by atoms with Crippen LogP contribution in [-0.4, -0.2) is 34.6 Å². The van der Waals surface area contributed by atoms with Gasteiger partial charge in [0.05, 0.1) is 4.88 Å². The minimum atomic E-state index is -0.952. The Kier molecular flexibility index (Phi) is 5.47. The molecule has 0 radical (unpaired) electrons. The predicted molar refractivity (Wildman–Crippen MR) is 85.8 cm³/mol. The van der Waals surface area contributed by atoms with Gasteiger partial charge in [0.15, 0.2) is 5.69 Å². The fourth-order valence-electron chi connectivity index (χ4n) is 2.08. The van der Waals surface area contributed by atoms with Gasteiger partial charge in [-0.2, -0.15) is 0 Å². The largest absolute Gasteiger partial charge is 0.476 e. The Morgan fingerprint density at radius 3 is 2.67 bits per heavy atom. The van der Waals surface area contributed by atoms with Crippen LogP contribution in [0.1, 0.15) is 35.1 Å². The molecule has 1 aromatic carbocycles. The fourth-order valence-corrected chi connectivity index (χ4v) is 3.22. The van der Waals surface area contributed by atoms with E-state index in [1.165, 1.54) is 11.3 Å². The summed E-state index contributed by atoms with van der Waals surface area (Å²) in [4.78, 5) is 18.7. The lowest BCUT2D eigenvalue weighted by atomic mass is 10.2. The number of hydrogen-bond acceptors (Lipinski definition) is 4. The van der Waals surface area contributed by atoms with Crippen molar-refractivity contribution in [2.24, 2.45) is 0 Å². The van der Waals surface area contributed by atoms with Gasteiger partial charge < -0.3 is 10.0 Å². The molecule has 2 rings (SSSR count). The van der Waals surface area contributed by atoms with E-state index in [-0.39, 0.29) is 5.69 Å². The molecule has 0 bridgehead atoms.